The van der Waals surface area contributed by atoms with Gasteiger partial charge in [-0.3, -0.25) is 5.10 Å². The van der Waals surface area contributed by atoms with Gasteiger partial charge in [-0.1, -0.05) is 6.07 Å². The molecule has 1 aliphatic rings. The van der Waals surface area contributed by atoms with Crippen molar-refractivity contribution in [1.29, 1.82) is 0 Å². The molecule has 9 heteroatoms. The van der Waals surface area contributed by atoms with Gasteiger partial charge in [-0.15, -0.1) is 0 Å². The molecule has 0 radical (unpaired) electrons. The summed E-state index contributed by atoms with van der Waals surface area (Å²) in [6.07, 6.45) is 4.28. The zero-order valence-corrected chi connectivity index (χ0v) is 15.0. The molecule has 0 bridgehead atoms. The standard InChI is InChI=1S/C19H20F3N5O/c20-14-2-1-3-15(21)17(14)16(22)9-28-12-6-4-11(5-7-12)26-18-13-8-25-27-19(13)24-10-23-18/h1-3,8,10-12,16H,4-7,9H2,(H2,23,24,25,26,27)/t11-,12-,16?. The number of fused-ring (bicyclic) bond motifs is 1. The fourth-order valence-electron chi connectivity index (χ4n) is 3.56. The normalized spacial score (nSPS) is 21.0. The fraction of sp³-hybridized carbons (Fsp3) is 0.421. The molecule has 1 atom stereocenters. The van der Waals surface area contributed by atoms with Gasteiger partial charge in [0.2, 0.25) is 0 Å². The average Bonchev–Trinajstić information content (AvgIpc) is 3.17. The summed E-state index contributed by atoms with van der Waals surface area (Å²) in [5.41, 5.74) is 0.106. The molecule has 2 N–H and O–H groups in total. The van der Waals surface area contributed by atoms with Gasteiger partial charge >= 0.3 is 0 Å². The van der Waals surface area contributed by atoms with E-state index in [1.807, 2.05) is 0 Å². The van der Waals surface area contributed by atoms with Crippen LogP contribution in [0.1, 0.15) is 37.4 Å². The lowest BCUT2D eigenvalue weighted by atomic mass is 9.93. The zero-order valence-electron chi connectivity index (χ0n) is 15.0. The molecule has 2 heterocycles. The van der Waals surface area contributed by atoms with Crippen LogP contribution in [0.4, 0.5) is 19.0 Å². The van der Waals surface area contributed by atoms with E-state index in [2.05, 4.69) is 25.5 Å². The Kier molecular flexibility index (Phi) is 5.43. The van der Waals surface area contributed by atoms with Crippen LogP contribution in [0.3, 0.4) is 0 Å². The summed E-state index contributed by atoms with van der Waals surface area (Å²) in [5.74, 6) is -1.05. The van der Waals surface area contributed by atoms with Gasteiger partial charge in [0.25, 0.3) is 0 Å². The highest BCUT2D eigenvalue weighted by Crippen LogP contribution is 2.29. The molecule has 0 spiro atoms. The zero-order chi connectivity index (χ0) is 19.5. The quantitative estimate of drug-likeness (QED) is 0.662. The Morgan fingerprint density at radius 3 is 2.64 bits per heavy atom. The first-order valence-corrected chi connectivity index (χ1v) is 9.22. The van der Waals surface area contributed by atoms with Gasteiger partial charge in [0.05, 0.1) is 29.9 Å². The van der Waals surface area contributed by atoms with E-state index in [-0.39, 0.29) is 18.8 Å². The van der Waals surface area contributed by atoms with Gasteiger partial charge in [-0.25, -0.2) is 23.1 Å². The van der Waals surface area contributed by atoms with E-state index in [1.165, 1.54) is 12.4 Å². The molecule has 0 saturated heterocycles. The van der Waals surface area contributed by atoms with E-state index < -0.39 is 23.4 Å². The lowest BCUT2D eigenvalue weighted by Gasteiger charge is -2.30. The minimum Gasteiger partial charge on any atom is -0.375 e. The third-order valence-corrected chi connectivity index (χ3v) is 5.05. The van der Waals surface area contributed by atoms with E-state index in [0.717, 1.165) is 49.0 Å². The van der Waals surface area contributed by atoms with Crippen molar-refractivity contribution in [2.45, 2.75) is 44.0 Å². The summed E-state index contributed by atoms with van der Waals surface area (Å²) in [6.45, 7) is -0.359. The molecule has 1 aliphatic carbocycles. The first-order chi connectivity index (χ1) is 13.6. The largest absolute Gasteiger partial charge is 0.375 e. The molecule has 1 saturated carbocycles. The smallest absolute Gasteiger partial charge is 0.160 e. The van der Waals surface area contributed by atoms with Gasteiger partial charge in [-0.2, -0.15) is 5.10 Å². The highest BCUT2D eigenvalue weighted by Gasteiger charge is 2.25. The maximum atomic E-state index is 14.3. The molecule has 1 fully saturated rings. The molecule has 0 aliphatic heterocycles. The lowest BCUT2D eigenvalue weighted by Crippen LogP contribution is -2.30. The molecule has 3 aromatic rings. The molecular formula is C19H20F3N5O. The average molecular weight is 391 g/mol. The number of anilines is 1. The van der Waals surface area contributed by atoms with Crippen molar-refractivity contribution in [3.63, 3.8) is 0 Å². The van der Waals surface area contributed by atoms with Crippen molar-refractivity contribution in [3.05, 3.63) is 47.9 Å². The Morgan fingerprint density at radius 2 is 1.89 bits per heavy atom. The third-order valence-electron chi connectivity index (χ3n) is 5.05. The van der Waals surface area contributed by atoms with Gasteiger partial charge in [-0.05, 0) is 37.8 Å². The SMILES string of the molecule is Fc1cccc(F)c1C(F)CO[C@H]1CC[C@H](Nc2ncnc3[nH]ncc23)CC1. The van der Waals surface area contributed by atoms with Crippen molar-refractivity contribution in [2.75, 3.05) is 11.9 Å². The number of halogens is 3. The highest BCUT2D eigenvalue weighted by atomic mass is 19.2. The van der Waals surface area contributed by atoms with E-state index in [9.17, 15) is 13.2 Å². The molecule has 148 valence electrons. The Hall–Kier alpha value is -2.68. The van der Waals surface area contributed by atoms with Crippen molar-refractivity contribution < 1.29 is 17.9 Å². The predicted molar refractivity (Wildman–Crippen MR) is 97.5 cm³/mol. The highest BCUT2D eigenvalue weighted by molar-refractivity contribution is 5.85. The Bertz CT molecular complexity index is 922. The number of rotatable bonds is 6. The molecule has 28 heavy (non-hydrogen) atoms. The molecule has 0 amide bonds. The first kappa shape index (κ1) is 18.7. The lowest BCUT2D eigenvalue weighted by molar-refractivity contribution is -0.00386. The monoisotopic (exact) mass is 391 g/mol. The molecular weight excluding hydrogens is 371 g/mol. The Labute approximate surface area is 159 Å². The molecule has 6 nitrogen and oxygen atoms in total. The van der Waals surface area contributed by atoms with E-state index in [4.69, 9.17) is 4.74 Å². The van der Waals surface area contributed by atoms with Crippen LogP contribution >= 0.6 is 0 Å². The number of hydrogen-bond donors (Lipinski definition) is 2. The van der Waals surface area contributed by atoms with E-state index in [0.29, 0.717) is 5.65 Å². The summed E-state index contributed by atoms with van der Waals surface area (Å²) in [7, 11) is 0. The van der Waals surface area contributed by atoms with E-state index in [1.54, 1.807) is 6.20 Å². The van der Waals surface area contributed by atoms with Crippen molar-refractivity contribution >= 4 is 16.9 Å². The van der Waals surface area contributed by atoms with Crippen LogP contribution in [0.2, 0.25) is 0 Å². The van der Waals surface area contributed by atoms with Gasteiger partial charge in [0.15, 0.2) is 11.8 Å². The maximum Gasteiger partial charge on any atom is 0.160 e. The van der Waals surface area contributed by atoms with Crippen LogP contribution in [0.15, 0.2) is 30.7 Å². The summed E-state index contributed by atoms with van der Waals surface area (Å²) in [4.78, 5) is 8.37. The number of alkyl halides is 1. The second kappa shape index (κ2) is 8.14. The number of aromatic amines is 1. The van der Waals surface area contributed by atoms with Gasteiger partial charge in [0.1, 0.15) is 23.8 Å². The van der Waals surface area contributed by atoms with Crippen LogP contribution in [-0.4, -0.2) is 38.9 Å². The topological polar surface area (TPSA) is 75.7 Å². The number of hydrogen-bond acceptors (Lipinski definition) is 5. The Balaban J connectivity index is 1.28. The number of H-pyrrole nitrogens is 1. The number of benzene rings is 1. The third kappa shape index (κ3) is 3.94. The second-order valence-electron chi connectivity index (χ2n) is 6.91. The summed E-state index contributed by atoms with van der Waals surface area (Å²) < 4.78 is 47.1. The van der Waals surface area contributed by atoms with Gasteiger partial charge in [0, 0.05) is 6.04 Å². The van der Waals surface area contributed by atoms with Crippen molar-refractivity contribution in [3.8, 4) is 0 Å². The molecule has 2 aromatic heterocycles. The van der Waals surface area contributed by atoms with E-state index >= 15 is 0 Å². The van der Waals surface area contributed by atoms with Gasteiger partial charge < -0.3 is 10.1 Å². The van der Waals surface area contributed by atoms with Crippen LogP contribution in [0, 0.1) is 11.6 Å². The molecule has 1 aromatic carbocycles. The van der Waals surface area contributed by atoms with Crippen molar-refractivity contribution in [2.24, 2.45) is 0 Å². The van der Waals surface area contributed by atoms with Crippen LogP contribution in [0.25, 0.3) is 11.0 Å². The van der Waals surface area contributed by atoms with Crippen LogP contribution < -0.4 is 5.32 Å². The second-order valence-corrected chi connectivity index (χ2v) is 6.91. The number of ether oxygens (including phenoxy) is 1. The fourth-order valence-corrected chi connectivity index (χ4v) is 3.56. The molecule has 1 unspecified atom stereocenters. The van der Waals surface area contributed by atoms with Crippen LogP contribution in [-0.2, 0) is 4.74 Å². The minimum absolute atomic E-state index is 0.134. The first-order valence-electron chi connectivity index (χ1n) is 9.22. The van der Waals surface area contributed by atoms with Crippen molar-refractivity contribution in [1.82, 2.24) is 20.2 Å². The number of nitrogens with one attached hydrogen (secondary N) is 2. The number of nitrogens with zero attached hydrogens (tertiary/aromatic N) is 3. The number of aromatic nitrogens is 4. The summed E-state index contributed by atoms with van der Waals surface area (Å²) >= 11 is 0. The summed E-state index contributed by atoms with van der Waals surface area (Å²) in [5, 5.41) is 11.0. The Morgan fingerprint density at radius 1 is 1.14 bits per heavy atom. The maximum absolute atomic E-state index is 14.3. The molecule has 4 rings (SSSR count). The van der Waals surface area contributed by atoms with Crippen LogP contribution in [0.5, 0.6) is 0 Å². The summed E-state index contributed by atoms with van der Waals surface area (Å²) in [6, 6.07) is 3.51. The minimum atomic E-state index is -1.83. The predicted octanol–water partition coefficient (Wildman–Crippen LogP) is 4.08.